The van der Waals surface area contributed by atoms with Crippen molar-refractivity contribution in [2.24, 2.45) is 5.92 Å². The number of hydrogen-bond acceptors (Lipinski definition) is 7. The monoisotopic (exact) mass is 352 g/mol. The zero-order valence-electron chi connectivity index (χ0n) is 14.9. The molecule has 1 saturated heterocycles. The smallest absolute Gasteiger partial charge is 0.438 e. The molecule has 0 radical (unpaired) electrons. The zero-order chi connectivity index (χ0) is 17.7. The van der Waals surface area contributed by atoms with Crippen molar-refractivity contribution in [2.75, 3.05) is 20.0 Å². The molecule has 1 heterocycles. The van der Waals surface area contributed by atoms with E-state index < -0.39 is 31.8 Å². The molecule has 0 amide bonds. The second kappa shape index (κ2) is 8.08. The number of carbonyl (C=O) groups excluding carboxylic acids is 1. The molecule has 23 heavy (non-hydrogen) atoms. The van der Waals surface area contributed by atoms with Crippen molar-refractivity contribution in [1.82, 2.24) is 0 Å². The van der Waals surface area contributed by atoms with Gasteiger partial charge in [-0.05, 0) is 54.4 Å². The van der Waals surface area contributed by atoms with E-state index in [1.807, 2.05) is 0 Å². The molecule has 0 bridgehead atoms. The second-order valence-corrected chi connectivity index (χ2v) is 9.00. The zero-order valence-corrected chi connectivity index (χ0v) is 15.8. The van der Waals surface area contributed by atoms with Gasteiger partial charge in [-0.25, -0.2) is 9.09 Å². The molecule has 0 N–H and O–H groups in total. The van der Waals surface area contributed by atoms with Gasteiger partial charge in [0, 0.05) is 6.61 Å². The Balaban J connectivity index is 2.56. The Morgan fingerprint density at radius 2 is 1.70 bits per heavy atom. The van der Waals surface area contributed by atoms with Gasteiger partial charge in [-0.1, -0.05) is 0 Å². The molecule has 0 aromatic rings. The third kappa shape index (κ3) is 8.82. The molecule has 0 aromatic heterocycles. The Hall–Kier alpha value is -0.460. The highest BCUT2D eigenvalue weighted by Crippen LogP contribution is 2.55. The average Bonchev–Trinajstić information content (AvgIpc) is 2.34. The molecule has 0 saturated carbocycles. The van der Waals surface area contributed by atoms with Crippen LogP contribution in [0.3, 0.4) is 0 Å². The van der Waals surface area contributed by atoms with Crippen LogP contribution in [0.15, 0.2) is 0 Å². The van der Waals surface area contributed by atoms with Gasteiger partial charge in [0.1, 0.15) is 0 Å². The Morgan fingerprint density at radius 3 is 2.13 bits per heavy atom. The number of hydrogen-bond donors (Lipinski definition) is 0. The Bertz CT molecular complexity index is 410. The van der Waals surface area contributed by atoms with Gasteiger partial charge < -0.3 is 9.47 Å². The third-order valence-corrected chi connectivity index (χ3v) is 4.64. The fraction of sp³-hybridized carbons (Fsp3) is 0.933. The predicted molar refractivity (Wildman–Crippen MR) is 84.9 cm³/mol. The van der Waals surface area contributed by atoms with Crippen LogP contribution in [0.4, 0.5) is 0 Å². The normalized spacial score (nSPS) is 20.3. The molecule has 1 rings (SSSR count). The topological polar surface area (TPSA) is 80.3 Å². The molecule has 8 heteroatoms. The predicted octanol–water partition coefficient (Wildman–Crippen LogP) is 3.67. The summed E-state index contributed by atoms with van der Waals surface area (Å²) in [4.78, 5) is 11.9. The van der Waals surface area contributed by atoms with Crippen LogP contribution >= 0.6 is 7.82 Å². The minimum atomic E-state index is -3.87. The molecule has 7 nitrogen and oxygen atoms in total. The number of rotatable bonds is 6. The van der Waals surface area contributed by atoms with E-state index >= 15 is 0 Å². The third-order valence-electron chi connectivity index (χ3n) is 2.68. The molecule has 136 valence electrons. The summed E-state index contributed by atoms with van der Waals surface area (Å²) in [6.45, 7) is 10.9. The lowest BCUT2D eigenvalue weighted by molar-refractivity contribution is -0.161. The molecule has 1 aliphatic rings. The number of phosphoric acid groups is 1. The SMILES string of the molecule is CC(C)(C)OP(=O)(OCOC(=O)[C@H]1CCCOC1)OC(C)(C)C. The average molecular weight is 352 g/mol. The molecule has 0 aromatic carbocycles. The summed E-state index contributed by atoms with van der Waals surface area (Å²) in [5.41, 5.74) is -1.47. The molecule has 0 unspecified atom stereocenters. The van der Waals surface area contributed by atoms with Crippen LogP contribution in [0.5, 0.6) is 0 Å². The number of esters is 1. The van der Waals surface area contributed by atoms with Crippen LogP contribution in [0.2, 0.25) is 0 Å². The molecule has 1 aliphatic heterocycles. The maximum Gasteiger partial charge on any atom is 0.478 e. The highest BCUT2D eigenvalue weighted by atomic mass is 31.2. The van der Waals surface area contributed by atoms with E-state index in [9.17, 15) is 9.36 Å². The molecule has 0 spiro atoms. The first-order chi connectivity index (χ1) is 10.4. The largest absolute Gasteiger partial charge is 0.478 e. The van der Waals surface area contributed by atoms with Crippen LogP contribution in [-0.4, -0.2) is 37.2 Å². The molecule has 1 atom stereocenters. The van der Waals surface area contributed by atoms with Gasteiger partial charge in [-0.2, -0.15) is 0 Å². The Labute approximate surface area is 138 Å². The van der Waals surface area contributed by atoms with Crippen LogP contribution in [0.25, 0.3) is 0 Å². The molecule has 0 aliphatic carbocycles. The minimum absolute atomic E-state index is 0.307. The van der Waals surface area contributed by atoms with Gasteiger partial charge in [0.15, 0.2) is 0 Å². The summed E-state index contributed by atoms with van der Waals surface area (Å²) in [6, 6.07) is 0. The van der Waals surface area contributed by atoms with Crippen molar-refractivity contribution in [3.8, 4) is 0 Å². The summed E-state index contributed by atoms with van der Waals surface area (Å²) in [6.07, 6.45) is 1.53. The summed E-state index contributed by atoms with van der Waals surface area (Å²) in [7, 11) is -3.87. The van der Waals surface area contributed by atoms with E-state index in [1.54, 1.807) is 41.5 Å². The Morgan fingerprint density at radius 1 is 1.13 bits per heavy atom. The number of carbonyl (C=O) groups is 1. The summed E-state index contributed by atoms with van der Waals surface area (Å²) < 4.78 is 39.0. The highest BCUT2D eigenvalue weighted by Gasteiger charge is 2.37. The number of ether oxygens (including phenoxy) is 2. The van der Waals surface area contributed by atoms with Crippen molar-refractivity contribution in [1.29, 1.82) is 0 Å². The van der Waals surface area contributed by atoms with Crippen LogP contribution in [0, 0.1) is 5.92 Å². The fourth-order valence-electron chi connectivity index (χ4n) is 1.94. The standard InChI is InChI=1S/C15H29O7P/c1-14(2,3)21-23(17,22-15(4,5)6)20-11-19-13(16)12-8-7-9-18-10-12/h12H,7-11H2,1-6H3/t12-/m0/s1. The number of phosphoric ester groups is 1. The molecular weight excluding hydrogens is 323 g/mol. The van der Waals surface area contributed by atoms with Gasteiger partial charge in [0.05, 0.1) is 23.7 Å². The summed E-state index contributed by atoms with van der Waals surface area (Å²) >= 11 is 0. The molecular formula is C15H29O7P. The summed E-state index contributed by atoms with van der Waals surface area (Å²) in [5.74, 6) is -0.735. The Kier molecular flexibility index (Phi) is 7.23. The lowest BCUT2D eigenvalue weighted by Gasteiger charge is -2.30. The van der Waals surface area contributed by atoms with Crippen LogP contribution in [-0.2, 0) is 32.4 Å². The van der Waals surface area contributed by atoms with Gasteiger partial charge in [-0.3, -0.25) is 13.8 Å². The van der Waals surface area contributed by atoms with Crippen molar-refractivity contribution in [2.45, 2.75) is 65.6 Å². The van der Waals surface area contributed by atoms with E-state index in [4.69, 9.17) is 23.0 Å². The summed E-state index contributed by atoms with van der Waals surface area (Å²) in [5, 5.41) is 0. The van der Waals surface area contributed by atoms with E-state index in [1.165, 1.54) is 0 Å². The molecule has 1 fully saturated rings. The fourth-order valence-corrected chi connectivity index (χ4v) is 3.60. The maximum absolute atomic E-state index is 12.7. The first-order valence-corrected chi connectivity index (χ1v) is 9.27. The van der Waals surface area contributed by atoms with E-state index in [0.29, 0.717) is 19.6 Å². The van der Waals surface area contributed by atoms with E-state index in [0.717, 1.165) is 6.42 Å². The van der Waals surface area contributed by atoms with Crippen LogP contribution < -0.4 is 0 Å². The van der Waals surface area contributed by atoms with Crippen molar-refractivity contribution in [3.63, 3.8) is 0 Å². The van der Waals surface area contributed by atoms with E-state index in [-0.39, 0.29) is 5.92 Å². The second-order valence-electron chi connectivity index (χ2n) is 7.48. The van der Waals surface area contributed by atoms with E-state index in [2.05, 4.69) is 0 Å². The van der Waals surface area contributed by atoms with Crippen molar-refractivity contribution in [3.05, 3.63) is 0 Å². The highest BCUT2D eigenvalue weighted by molar-refractivity contribution is 7.48. The lowest BCUT2D eigenvalue weighted by atomic mass is 10.0. The lowest BCUT2D eigenvalue weighted by Crippen LogP contribution is -2.28. The van der Waals surface area contributed by atoms with Crippen molar-refractivity contribution < 1.29 is 32.4 Å². The first-order valence-electron chi connectivity index (χ1n) is 7.81. The first kappa shape index (κ1) is 20.6. The van der Waals surface area contributed by atoms with Crippen LogP contribution in [0.1, 0.15) is 54.4 Å². The quantitative estimate of drug-likeness (QED) is 0.410. The van der Waals surface area contributed by atoms with Gasteiger partial charge in [0.25, 0.3) is 0 Å². The van der Waals surface area contributed by atoms with Gasteiger partial charge in [-0.15, -0.1) is 0 Å². The van der Waals surface area contributed by atoms with Crippen molar-refractivity contribution >= 4 is 13.8 Å². The maximum atomic E-state index is 12.7. The van der Waals surface area contributed by atoms with Gasteiger partial charge in [0.2, 0.25) is 6.79 Å². The van der Waals surface area contributed by atoms with Gasteiger partial charge >= 0.3 is 13.8 Å². The minimum Gasteiger partial charge on any atom is -0.438 e.